The van der Waals surface area contributed by atoms with E-state index >= 15 is 0 Å². The first-order valence-corrected chi connectivity index (χ1v) is 6.86. The maximum atomic E-state index is 5.51. The Kier molecular flexibility index (Phi) is 9.35. The Morgan fingerprint density at radius 2 is 2.00 bits per heavy atom. The summed E-state index contributed by atoms with van der Waals surface area (Å²) in [6.45, 7) is 3.34. The monoisotopic (exact) mass is 247 g/mol. The largest absolute Gasteiger partial charge is 0.353 e. The fourth-order valence-corrected chi connectivity index (χ4v) is 1.64. The summed E-state index contributed by atoms with van der Waals surface area (Å²) in [7, 11) is 0. The van der Waals surface area contributed by atoms with Crippen molar-refractivity contribution in [2.45, 2.75) is 58.2 Å². The van der Waals surface area contributed by atoms with Crippen LogP contribution in [0.25, 0.3) is 0 Å². The topological polar surface area (TPSA) is 18.5 Å². The molecule has 0 bridgehead atoms. The molecule has 0 aromatic carbocycles. The van der Waals surface area contributed by atoms with E-state index in [2.05, 4.69) is 30.1 Å². The Morgan fingerprint density at radius 3 is 2.72 bits per heavy atom. The average molecular weight is 247 g/mol. The number of unbranched alkanes of at least 4 members (excludes halogenated alkanes) is 3. The molecule has 1 aliphatic heterocycles. The van der Waals surface area contributed by atoms with Crippen LogP contribution in [0, 0.1) is 30.1 Å². The van der Waals surface area contributed by atoms with Gasteiger partial charge in [-0.25, -0.2) is 0 Å². The molecule has 1 fully saturated rings. The SMILES string of the molecule is C[CH]CC#CCCCC#CCOC1CCCCO1. The van der Waals surface area contributed by atoms with Gasteiger partial charge < -0.3 is 9.47 Å². The zero-order valence-corrected chi connectivity index (χ0v) is 11.3. The van der Waals surface area contributed by atoms with Gasteiger partial charge in [0.1, 0.15) is 6.61 Å². The molecule has 1 aliphatic rings. The molecule has 1 rings (SSSR count). The lowest BCUT2D eigenvalue weighted by molar-refractivity contribution is -0.154. The Morgan fingerprint density at radius 1 is 1.17 bits per heavy atom. The highest BCUT2D eigenvalue weighted by molar-refractivity contribution is 5.03. The second-order valence-electron chi connectivity index (χ2n) is 4.28. The van der Waals surface area contributed by atoms with Crippen molar-refractivity contribution < 1.29 is 9.47 Å². The van der Waals surface area contributed by atoms with E-state index in [9.17, 15) is 0 Å². The standard InChI is InChI=1S/C16H23O2/c1-2-3-4-5-6-7-8-9-11-14-17-16-13-10-12-15-18-16/h2,16H,3,6-8,10,12-15H2,1H3. The van der Waals surface area contributed by atoms with Crippen LogP contribution in [0.1, 0.15) is 51.9 Å². The van der Waals surface area contributed by atoms with Crippen molar-refractivity contribution in [3.8, 4) is 23.7 Å². The van der Waals surface area contributed by atoms with E-state index in [1.54, 1.807) is 0 Å². The van der Waals surface area contributed by atoms with Gasteiger partial charge in [-0.05, 0) is 32.1 Å². The molecular weight excluding hydrogens is 224 g/mol. The predicted molar refractivity (Wildman–Crippen MR) is 73.5 cm³/mol. The zero-order valence-electron chi connectivity index (χ0n) is 11.3. The van der Waals surface area contributed by atoms with Gasteiger partial charge in [0.15, 0.2) is 6.29 Å². The maximum absolute atomic E-state index is 5.51. The fraction of sp³-hybridized carbons (Fsp3) is 0.688. The average Bonchev–Trinajstić information content (AvgIpc) is 2.42. The lowest BCUT2D eigenvalue weighted by atomic mass is 10.2. The molecule has 0 N–H and O–H groups in total. The van der Waals surface area contributed by atoms with E-state index in [4.69, 9.17) is 9.47 Å². The Hall–Kier alpha value is -0.960. The van der Waals surface area contributed by atoms with E-state index in [1.807, 2.05) is 6.92 Å². The fourth-order valence-electron chi connectivity index (χ4n) is 1.64. The van der Waals surface area contributed by atoms with Crippen LogP contribution in [-0.4, -0.2) is 19.5 Å². The van der Waals surface area contributed by atoms with Crippen molar-refractivity contribution >= 4 is 0 Å². The van der Waals surface area contributed by atoms with E-state index < -0.39 is 0 Å². The molecule has 2 nitrogen and oxygen atoms in total. The first-order chi connectivity index (χ1) is 8.93. The molecule has 18 heavy (non-hydrogen) atoms. The highest BCUT2D eigenvalue weighted by atomic mass is 16.7. The van der Waals surface area contributed by atoms with Crippen molar-refractivity contribution in [1.82, 2.24) is 0 Å². The van der Waals surface area contributed by atoms with Gasteiger partial charge in [0.2, 0.25) is 0 Å². The van der Waals surface area contributed by atoms with E-state index in [1.165, 1.54) is 6.42 Å². The second-order valence-corrected chi connectivity index (χ2v) is 4.28. The summed E-state index contributed by atoms with van der Waals surface area (Å²) in [6, 6.07) is 0. The molecular formula is C16H23O2. The molecule has 1 saturated heterocycles. The lowest BCUT2D eigenvalue weighted by Gasteiger charge is -2.21. The summed E-state index contributed by atoms with van der Waals surface area (Å²) in [4.78, 5) is 0. The van der Waals surface area contributed by atoms with Crippen molar-refractivity contribution in [3.05, 3.63) is 6.42 Å². The van der Waals surface area contributed by atoms with Gasteiger partial charge in [-0.3, -0.25) is 0 Å². The van der Waals surface area contributed by atoms with Crippen molar-refractivity contribution in [2.24, 2.45) is 0 Å². The van der Waals surface area contributed by atoms with Gasteiger partial charge in [0.05, 0.1) is 0 Å². The van der Waals surface area contributed by atoms with Crippen molar-refractivity contribution in [1.29, 1.82) is 0 Å². The third-order valence-corrected chi connectivity index (χ3v) is 2.64. The van der Waals surface area contributed by atoms with Gasteiger partial charge in [0, 0.05) is 25.9 Å². The van der Waals surface area contributed by atoms with Gasteiger partial charge in [-0.15, -0.1) is 17.8 Å². The minimum atomic E-state index is -0.0239. The van der Waals surface area contributed by atoms with Crippen LogP contribution in [0.5, 0.6) is 0 Å². The molecule has 1 heterocycles. The first kappa shape index (κ1) is 15.1. The first-order valence-electron chi connectivity index (χ1n) is 6.86. The van der Waals surface area contributed by atoms with Crippen LogP contribution in [0.2, 0.25) is 0 Å². The lowest BCUT2D eigenvalue weighted by Crippen LogP contribution is -2.22. The number of ether oxygens (including phenoxy) is 2. The van der Waals surface area contributed by atoms with Crippen LogP contribution < -0.4 is 0 Å². The summed E-state index contributed by atoms with van der Waals surface area (Å²) < 4.78 is 11.0. The Bertz CT molecular complexity index is 307. The summed E-state index contributed by atoms with van der Waals surface area (Å²) >= 11 is 0. The summed E-state index contributed by atoms with van der Waals surface area (Å²) in [6.07, 6.45) is 9.18. The smallest absolute Gasteiger partial charge is 0.158 e. The highest BCUT2D eigenvalue weighted by Gasteiger charge is 2.12. The number of rotatable bonds is 5. The normalized spacial score (nSPS) is 18.4. The zero-order chi connectivity index (χ0) is 12.9. The third-order valence-electron chi connectivity index (χ3n) is 2.64. The second kappa shape index (κ2) is 11.1. The van der Waals surface area contributed by atoms with Crippen molar-refractivity contribution in [3.63, 3.8) is 0 Å². The van der Waals surface area contributed by atoms with Crippen LogP contribution in [0.4, 0.5) is 0 Å². The molecule has 0 spiro atoms. The highest BCUT2D eigenvalue weighted by Crippen LogP contribution is 2.12. The summed E-state index contributed by atoms with van der Waals surface area (Å²) in [5.41, 5.74) is 0. The minimum absolute atomic E-state index is 0.0239. The molecule has 1 unspecified atom stereocenters. The molecule has 2 heteroatoms. The molecule has 0 saturated carbocycles. The predicted octanol–water partition coefficient (Wildman–Crippen LogP) is 3.32. The van der Waals surface area contributed by atoms with E-state index in [0.29, 0.717) is 6.61 Å². The van der Waals surface area contributed by atoms with Crippen molar-refractivity contribution in [2.75, 3.05) is 13.2 Å². The molecule has 1 radical (unpaired) electrons. The number of hydrogen-bond acceptors (Lipinski definition) is 2. The van der Waals surface area contributed by atoms with E-state index in [-0.39, 0.29) is 6.29 Å². The Labute approximate surface area is 111 Å². The van der Waals surface area contributed by atoms with Crippen LogP contribution >= 0.6 is 0 Å². The molecule has 0 aromatic heterocycles. The third kappa shape index (κ3) is 8.18. The van der Waals surface area contributed by atoms with Crippen LogP contribution in [-0.2, 0) is 9.47 Å². The molecule has 0 aliphatic carbocycles. The van der Waals surface area contributed by atoms with Gasteiger partial charge in [-0.1, -0.05) is 12.8 Å². The van der Waals surface area contributed by atoms with Crippen LogP contribution in [0.3, 0.4) is 0 Å². The van der Waals surface area contributed by atoms with Crippen LogP contribution in [0.15, 0.2) is 0 Å². The quantitative estimate of drug-likeness (QED) is 0.548. The number of hydrogen-bond donors (Lipinski definition) is 0. The minimum Gasteiger partial charge on any atom is -0.353 e. The van der Waals surface area contributed by atoms with Gasteiger partial charge in [-0.2, -0.15) is 0 Å². The van der Waals surface area contributed by atoms with Gasteiger partial charge in [0.25, 0.3) is 0 Å². The Balaban J connectivity index is 1.93. The maximum Gasteiger partial charge on any atom is 0.158 e. The van der Waals surface area contributed by atoms with Gasteiger partial charge >= 0.3 is 0 Å². The molecule has 0 amide bonds. The summed E-state index contributed by atoms with van der Waals surface area (Å²) in [5, 5.41) is 0. The molecule has 0 aromatic rings. The molecule has 99 valence electrons. The molecule has 1 atom stereocenters. The van der Waals surface area contributed by atoms with E-state index in [0.717, 1.165) is 45.1 Å². The summed E-state index contributed by atoms with van der Waals surface area (Å²) in [5.74, 6) is 12.4.